The van der Waals surface area contributed by atoms with Gasteiger partial charge in [-0.25, -0.2) is 4.39 Å². The third-order valence-electron chi connectivity index (χ3n) is 3.03. The highest BCUT2D eigenvalue weighted by atomic mass is 35.5. The number of nitrogens with zero attached hydrogens (tertiary/aromatic N) is 1. The number of hydrogen-bond donors (Lipinski definition) is 1. The van der Waals surface area contributed by atoms with Gasteiger partial charge in [0.2, 0.25) is 0 Å². The molecule has 0 aliphatic rings. The summed E-state index contributed by atoms with van der Waals surface area (Å²) in [5.74, 6) is -0.643. The van der Waals surface area contributed by atoms with Crippen LogP contribution < -0.4 is 5.32 Å². The first-order chi connectivity index (χ1) is 9.84. The van der Waals surface area contributed by atoms with Crippen molar-refractivity contribution in [3.63, 3.8) is 0 Å². The van der Waals surface area contributed by atoms with Crippen molar-refractivity contribution in [2.75, 3.05) is 7.05 Å². The van der Waals surface area contributed by atoms with Gasteiger partial charge in [-0.05, 0) is 31.3 Å². The van der Waals surface area contributed by atoms with Gasteiger partial charge in [-0.2, -0.15) is 13.2 Å². The Kier molecular flexibility index (Phi) is 4.49. The molecule has 0 fully saturated rings. The quantitative estimate of drug-likeness (QED) is 0.858. The first-order valence-electron chi connectivity index (χ1n) is 5.98. The summed E-state index contributed by atoms with van der Waals surface area (Å²) < 4.78 is 53.1. The normalized spacial score (nSPS) is 13.2. The minimum absolute atomic E-state index is 0.0310. The van der Waals surface area contributed by atoms with Gasteiger partial charge in [-0.1, -0.05) is 11.6 Å². The van der Waals surface area contributed by atoms with Crippen LogP contribution in [0.25, 0.3) is 0 Å². The van der Waals surface area contributed by atoms with E-state index in [1.807, 2.05) is 0 Å². The highest BCUT2D eigenvalue weighted by Crippen LogP contribution is 2.36. The molecule has 1 atom stereocenters. The van der Waals surface area contributed by atoms with E-state index in [-0.39, 0.29) is 16.1 Å². The van der Waals surface area contributed by atoms with Crippen LogP contribution in [0.4, 0.5) is 17.6 Å². The fourth-order valence-electron chi connectivity index (χ4n) is 2.11. The van der Waals surface area contributed by atoms with Gasteiger partial charge in [-0.3, -0.25) is 4.98 Å². The van der Waals surface area contributed by atoms with Gasteiger partial charge in [0, 0.05) is 28.5 Å². The molecule has 1 aromatic heterocycles. The zero-order valence-corrected chi connectivity index (χ0v) is 11.6. The highest BCUT2D eigenvalue weighted by Gasteiger charge is 2.35. The Morgan fingerprint density at radius 2 is 1.90 bits per heavy atom. The number of nitrogens with one attached hydrogen (secondary N) is 1. The number of benzene rings is 1. The lowest BCUT2D eigenvalue weighted by molar-refractivity contribution is -0.138. The fourth-order valence-corrected chi connectivity index (χ4v) is 2.29. The average molecular weight is 319 g/mol. The molecule has 21 heavy (non-hydrogen) atoms. The standard InChI is InChI=1S/C14H11ClF4N2/c1-20-13(9-6-8(15)2-3-12(9)16)10-7-21-5-4-11(10)14(17,18)19/h2-7,13,20H,1H3. The van der Waals surface area contributed by atoms with Crippen molar-refractivity contribution in [3.05, 3.63) is 64.2 Å². The van der Waals surface area contributed by atoms with E-state index in [0.29, 0.717) is 0 Å². The molecular formula is C14H11ClF4N2. The predicted octanol–water partition coefficient (Wildman–Crippen LogP) is 4.20. The zero-order chi connectivity index (χ0) is 15.6. The second-order valence-corrected chi connectivity index (χ2v) is 4.78. The van der Waals surface area contributed by atoms with Crippen LogP contribution in [-0.4, -0.2) is 12.0 Å². The molecule has 112 valence electrons. The molecule has 2 aromatic rings. The van der Waals surface area contributed by atoms with Crippen molar-refractivity contribution >= 4 is 11.6 Å². The van der Waals surface area contributed by atoms with Gasteiger partial charge in [0.05, 0.1) is 11.6 Å². The minimum Gasteiger partial charge on any atom is -0.309 e. The van der Waals surface area contributed by atoms with E-state index >= 15 is 0 Å². The molecule has 0 saturated heterocycles. The molecule has 1 aromatic carbocycles. The van der Waals surface area contributed by atoms with E-state index in [0.717, 1.165) is 24.5 Å². The number of halogens is 5. The van der Waals surface area contributed by atoms with Gasteiger partial charge in [0.1, 0.15) is 5.82 Å². The molecule has 2 rings (SSSR count). The maximum absolute atomic E-state index is 13.9. The average Bonchev–Trinajstić information content (AvgIpc) is 2.43. The number of pyridine rings is 1. The predicted molar refractivity (Wildman–Crippen MR) is 71.6 cm³/mol. The SMILES string of the molecule is CNC(c1cc(Cl)ccc1F)c1cnccc1C(F)(F)F. The summed E-state index contributed by atoms with van der Waals surface area (Å²) in [6.07, 6.45) is -2.43. The van der Waals surface area contributed by atoms with Gasteiger partial charge in [0.25, 0.3) is 0 Å². The van der Waals surface area contributed by atoms with Gasteiger partial charge < -0.3 is 5.32 Å². The van der Waals surface area contributed by atoms with E-state index < -0.39 is 23.6 Å². The van der Waals surface area contributed by atoms with Crippen LogP contribution in [0.15, 0.2) is 36.7 Å². The maximum Gasteiger partial charge on any atom is 0.416 e. The Balaban J connectivity index is 2.60. The Morgan fingerprint density at radius 1 is 1.19 bits per heavy atom. The highest BCUT2D eigenvalue weighted by molar-refractivity contribution is 6.30. The van der Waals surface area contributed by atoms with Gasteiger partial charge in [0.15, 0.2) is 0 Å². The summed E-state index contributed by atoms with van der Waals surface area (Å²) in [6, 6.07) is 3.61. The molecule has 1 unspecified atom stereocenters. The Bertz CT molecular complexity index is 643. The van der Waals surface area contributed by atoms with Crippen LogP contribution in [-0.2, 0) is 6.18 Å². The Labute approximate surface area is 123 Å². The molecule has 2 nitrogen and oxygen atoms in total. The van der Waals surface area contributed by atoms with Crippen LogP contribution in [0.2, 0.25) is 5.02 Å². The van der Waals surface area contributed by atoms with Crippen molar-refractivity contribution in [2.45, 2.75) is 12.2 Å². The van der Waals surface area contributed by atoms with E-state index in [1.54, 1.807) is 0 Å². The summed E-state index contributed by atoms with van der Waals surface area (Å²) in [5.41, 5.74) is -0.992. The molecule has 0 bridgehead atoms. The first-order valence-corrected chi connectivity index (χ1v) is 6.35. The lowest BCUT2D eigenvalue weighted by Gasteiger charge is -2.21. The van der Waals surface area contributed by atoms with E-state index in [9.17, 15) is 17.6 Å². The summed E-state index contributed by atoms with van der Waals surface area (Å²) in [5, 5.41) is 2.92. The van der Waals surface area contributed by atoms with Crippen molar-refractivity contribution in [3.8, 4) is 0 Å². The monoisotopic (exact) mass is 318 g/mol. The van der Waals surface area contributed by atoms with Crippen LogP contribution >= 0.6 is 11.6 Å². The lowest BCUT2D eigenvalue weighted by Crippen LogP contribution is -2.23. The summed E-state index contributed by atoms with van der Waals surface area (Å²) in [4.78, 5) is 3.71. The molecular weight excluding hydrogens is 308 g/mol. The Hall–Kier alpha value is -1.66. The molecule has 7 heteroatoms. The first kappa shape index (κ1) is 15.7. The molecule has 0 amide bonds. The molecule has 1 heterocycles. The number of aromatic nitrogens is 1. The molecule has 0 aliphatic heterocycles. The number of alkyl halides is 3. The summed E-state index contributed by atoms with van der Waals surface area (Å²) in [6.45, 7) is 0. The molecule has 0 spiro atoms. The largest absolute Gasteiger partial charge is 0.416 e. The third-order valence-corrected chi connectivity index (χ3v) is 3.26. The second kappa shape index (κ2) is 5.99. The maximum atomic E-state index is 13.9. The molecule has 0 saturated carbocycles. The molecule has 0 aliphatic carbocycles. The van der Waals surface area contributed by atoms with Crippen LogP contribution in [0.1, 0.15) is 22.7 Å². The smallest absolute Gasteiger partial charge is 0.309 e. The molecule has 0 radical (unpaired) electrons. The number of hydrogen-bond acceptors (Lipinski definition) is 2. The third kappa shape index (κ3) is 3.33. The van der Waals surface area contributed by atoms with Gasteiger partial charge in [-0.15, -0.1) is 0 Å². The van der Waals surface area contributed by atoms with E-state index in [2.05, 4.69) is 10.3 Å². The fraction of sp³-hybridized carbons (Fsp3) is 0.214. The number of rotatable bonds is 3. The summed E-state index contributed by atoms with van der Waals surface area (Å²) in [7, 11) is 1.44. The van der Waals surface area contributed by atoms with Crippen LogP contribution in [0.5, 0.6) is 0 Å². The van der Waals surface area contributed by atoms with Crippen molar-refractivity contribution in [1.82, 2.24) is 10.3 Å². The van der Waals surface area contributed by atoms with Crippen molar-refractivity contribution < 1.29 is 17.6 Å². The van der Waals surface area contributed by atoms with Crippen molar-refractivity contribution in [2.24, 2.45) is 0 Å². The topological polar surface area (TPSA) is 24.9 Å². The summed E-state index contributed by atoms with van der Waals surface area (Å²) >= 11 is 5.80. The van der Waals surface area contributed by atoms with Crippen LogP contribution in [0.3, 0.4) is 0 Å². The van der Waals surface area contributed by atoms with Crippen molar-refractivity contribution in [1.29, 1.82) is 0 Å². The van der Waals surface area contributed by atoms with E-state index in [1.165, 1.54) is 19.2 Å². The van der Waals surface area contributed by atoms with E-state index in [4.69, 9.17) is 11.6 Å². The second-order valence-electron chi connectivity index (χ2n) is 4.35. The minimum atomic E-state index is -4.55. The van der Waals surface area contributed by atoms with Gasteiger partial charge >= 0.3 is 6.18 Å². The molecule has 1 N–H and O–H groups in total. The van der Waals surface area contributed by atoms with Crippen LogP contribution in [0, 0.1) is 5.82 Å². The lowest BCUT2D eigenvalue weighted by atomic mass is 9.95. The Morgan fingerprint density at radius 3 is 2.52 bits per heavy atom. The zero-order valence-electron chi connectivity index (χ0n) is 10.9.